The highest BCUT2D eigenvalue weighted by molar-refractivity contribution is 5.90. The normalized spacial score (nSPS) is 25.1. The van der Waals surface area contributed by atoms with E-state index in [2.05, 4.69) is 58.7 Å². The van der Waals surface area contributed by atoms with Crippen molar-refractivity contribution in [3.63, 3.8) is 0 Å². The van der Waals surface area contributed by atoms with Crippen molar-refractivity contribution in [2.24, 2.45) is 12.5 Å². The van der Waals surface area contributed by atoms with Gasteiger partial charge in [-0.2, -0.15) is 5.10 Å². The predicted octanol–water partition coefficient (Wildman–Crippen LogP) is 5.57. The average Bonchev–Trinajstić information content (AvgIpc) is 3.37. The van der Waals surface area contributed by atoms with Gasteiger partial charge in [-0.3, -0.25) is 4.68 Å². The molecule has 4 heterocycles. The summed E-state index contributed by atoms with van der Waals surface area (Å²) in [6, 6.07) is 4.42. The van der Waals surface area contributed by atoms with Crippen LogP contribution < -0.4 is 10.2 Å². The molecule has 2 bridgehead atoms. The van der Waals surface area contributed by atoms with Crippen molar-refractivity contribution in [1.29, 1.82) is 0 Å². The predicted molar refractivity (Wildman–Crippen MR) is 149 cm³/mol. The summed E-state index contributed by atoms with van der Waals surface area (Å²) in [6.45, 7) is 12.9. The second kappa shape index (κ2) is 8.75. The Hall–Kier alpha value is -3.03. The number of hydrogen-bond donors (Lipinski definition) is 1. The van der Waals surface area contributed by atoms with Crippen LogP contribution in [0.3, 0.4) is 0 Å². The number of nitrogens with one attached hydrogen (secondary N) is 1. The molecule has 0 atom stereocenters. The number of nitrogens with zero attached hydrogens (tertiary/aromatic N) is 5. The van der Waals surface area contributed by atoms with Crippen molar-refractivity contribution >= 4 is 22.8 Å². The van der Waals surface area contributed by atoms with Crippen LogP contribution in [-0.2, 0) is 31.3 Å². The van der Waals surface area contributed by atoms with Gasteiger partial charge in [-0.15, -0.1) is 0 Å². The molecule has 1 amide bonds. The van der Waals surface area contributed by atoms with Crippen molar-refractivity contribution in [3.8, 4) is 0 Å². The van der Waals surface area contributed by atoms with Crippen LogP contribution in [0.5, 0.6) is 0 Å². The largest absolute Gasteiger partial charge is 0.444 e. The maximum absolute atomic E-state index is 12.5. The summed E-state index contributed by atoms with van der Waals surface area (Å²) in [6.07, 6.45) is 9.30. The molecule has 4 aliphatic rings. The van der Waals surface area contributed by atoms with E-state index in [0.29, 0.717) is 0 Å². The Kier molecular flexibility index (Phi) is 5.81. The van der Waals surface area contributed by atoms with Gasteiger partial charge in [-0.05, 0) is 90.7 Å². The number of fused-ring (bicyclic) bond motifs is 5. The van der Waals surface area contributed by atoms with Crippen LogP contribution in [0.2, 0.25) is 0 Å². The fourth-order valence-electron chi connectivity index (χ4n) is 7.12. The van der Waals surface area contributed by atoms with E-state index in [4.69, 9.17) is 14.8 Å². The standard InChI is InChI=1S/C30H42N6O2/c1-20-17-25(22-7-15-34(6)26(22)31-20)35-16-8-24-23(18-35)21(2)33-36(24)19-29-9-12-30(13-10-29,14-11-29)32-27(37)38-28(3,4)5/h7,15,17H,8-14,16,18-19H2,1-6H3,(H,32,37). The third-order valence-corrected chi connectivity index (χ3v) is 9.27. The Labute approximate surface area is 225 Å². The lowest BCUT2D eigenvalue weighted by molar-refractivity contribution is -0.00519. The number of rotatable bonds is 4. The van der Waals surface area contributed by atoms with E-state index in [1.165, 1.54) is 22.3 Å². The van der Waals surface area contributed by atoms with Crippen LogP contribution >= 0.6 is 0 Å². The lowest BCUT2D eigenvalue weighted by Gasteiger charge is -2.53. The van der Waals surface area contributed by atoms with Gasteiger partial charge < -0.3 is 19.5 Å². The van der Waals surface area contributed by atoms with E-state index in [1.54, 1.807) is 0 Å². The van der Waals surface area contributed by atoms with Gasteiger partial charge in [-0.25, -0.2) is 9.78 Å². The molecule has 3 aromatic heterocycles. The van der Waals surface area contributed by atoms with Crippen LogP contribution in [0, 0.1) is 19.3 Å². The molecule has 8 nitrogen and oxygen atoms in total. The highest BCUT2D eigenvalue weighted by Gasteiger charge is 2.50. The number of carbonyl (C=O) groups is 1. The first-order valence-corrected chi connectivity index (χ1v) is 14.2. The lowest BCUT2D eigenvalue weighted by Crippen LogP contribution is -2.58. The van der Waals surface area contributed by atoms with Gasteiger partial charge in [0, 0.05) is 72.9 Å². The fraction of sp³-hybridized carbons (Fsp3) is 0.633. The molecule has 7 rings (SSSR count). The molecule has 38 heavy (non-hydrogen) atoms. The first kappa shape index (κ1) is 25.3. The zero-order valence-electron chi connectivity index (χ0n) is 23.9. The van der Waals surface area contributed by atoms with Crippen LogP contribution in [0.4, 0.5) is 10.5 Å². The quantitative estimate of drug-likeness (QED) is 0.489. The fourth-order valence-corrected chi connectivity index (χ4v) is 7.12. The van der Waals surface area contributed by atoms with Gasteiger partial charge in [0.1, 0.15) is 11.2 Å². The lowest BCUT2D eigenvalue weighted by atomic mass is 9.57. The minimum absolute atomic E-state index is 0.102. The van der Waals surface area contributed by atoms with Gasteiger partial charge in [0.2, 0.25) is 0 Å². The van der Waals surface area contributed by atoms with Crippen molar-refractivity contribution in [2.45, 2.75) is 104 Å². The SMILES string of the molecule is Cc1cc(N2CCc3c(c(C)nn3CC34CCC(NC(=O)OC(C)(C)C)(CC3)CC4)C2)c2ccn(C)c2n1. The zero-order valence-corrected chi connectivity index (χ0v) is 23.9. The number of hydrogen-bond acceptors (Lipinski definition) is 5. The molecule has 3 fully saturated rings. The highest BCUT2D eigenvalue weighted by atomic mass is 16.6. The number of anilines is 1. The molecule has 0 saturated heterocycles. The van der Waals surface area contributed by atoms with Crippen molar-refractivity contribution in [3.05, 3.63) is 41.0 Å². The van der Waals surface area contributed by atoms with Crippen LogP contribution in [0.25, 0.3) is 11.0 Å². The minimum atomic E-state index is -0.468. The summed E-state index contributed by atoms with van der Waals surface area (Å²) in [5.41, 5.74) is 7.04. The van der Waals surface area contributed by atoms with E-state index in [1.807, 2.05) is 20.8 Å². The Morgan fingerprint density at radius 2 is 1.84 bits per heavy atom. The van der Waals surface area contributed by atoms with E-state index in [-0.39, 0.29) is 17.0 Å². The molecule has 1 N–H and O–H groups in total. The van der Waals surface area contributed by atoms with Crippen LogP contribution in [0.15, 0.2) is 18.3 Å². The van der Waals surface area contributed by atoms with Crippen molar-refractivity contribution in [2.75, 3.05) is 11.4 Å². The number of alkyl carbamates (subject to hydrolysis) is 1. The topological polar surface area (TPSA) is 77.2 Å². The number of pyridine rings is 1. The van der Waals surface area contributed by atoms with E-state index >= 15 is 0 Å². The average molecular weight is 519 g/mol. The maximum atomic E-state index is 12.5. The summed E-state index contributed by atoms with van der Waals surface area (Å²) in [7, 11) is 2.06. The third kappa shape index (κ3) is 4.46. The number of ether oxygens (including phenoxy) is 1. The smallest absolute Gasteiger partial charge is 0.408 e. The summed E-state index contributed by atoms with van der Waals surface area (Å²) in [5, 5.41) is 9.57. The number of carbonyl (C=O) groups excluding carboxylic acids is 1. The zero-order chi connectivity index (χ0) is 26.9. The molecule has 3 aromatic rings. The molecule has 1 aliphatic heterocycles. The molecule has 0 spiro atoms. The summed E-state index contributed by atoms with van der Waals surface area (Å²) in [4.78, 5) is 19.8. The third-order valence-electron chi connectivity index (χ3n) is 9.27. The first-order valence-electron chi connectivity index (χ1n) is 14.2. The number of aryl methyl sites for hydroxylation is 3. The molecular weight excluding hydrogens is 476 g/mol. The second-order valence-corrected chi connectivity index (χ2v) is 13.2. The van der Waals surface area contributed by atoms with Crippen LogP contribution in [-0.4, -0.2) is 43.1 Å². The molecule has 204 valence electrons. The van der Waals surface area contributed by atoms with E-state index in [9.17, 15) is 4.79 Å². The number of amides is 1. The molecule has 0 aromatic carbocycles. The molecule has 8 heteroatoms. The number of aromatic nitrogens is 4. The molecular formula is C30H42N6O2. The first-order chi connectivity index (χ1) is 17.9. The van der Waals surface area contributed by atoms with Crippen molar-refractivity contribution < 1.29 is 9.53 Å². The van der Waals surface area contributed by atoms with E-state index in [0.717, 1.165) is 81.6 Å². The Morgan fingerprint density at radius 1 is 1.13 bits per heavy atom. The van der Waals surface area contributed by atoms with Gasteiger partial charge in [-0.1, -0.05) is 0 Å². The molecule has 3 saturated carbocycles. The van der Waals surface area contributed by atoms with Gasteiger partial charge in [0.15, 0.2) is 0 Å². The summed E-state index contributed by atoms with van der Waals surface area (Å²) in [5.74, 6) is 0. The molecule has 0 radical (unpaired) electrons. The summed E-state index contributed by atoms with van der Waals surface area (Å²) < 4.78 is 10.0. The van der Waals surface area contributed by atoms with Gasteiger partial charge >= 0.3 is 6.09 Å². The Bertz CT molecular complexity index is 1370. The molecule has 3 aliphatic carbocycles. The van der Waals surface area contributed by atoms with E-state index < -0.39 is 5.60 Å². The second-order valence-electron chi connectivity index (χ2n) is 13.2. The Morgan fingerprint density at radius 3 is 2.53 bits per heavy atom. The minimum Gasteiger partial charge on any atom is -0.444 e. The molecule has 0 unspecified atom stereocenters. The Balaban J connectivity index is 1.17. The summed E-state index contributed by atoms with van der Waals surface area (Å²) >= 11 is 0. The van der Waals surface area contributed by atoms with Crippen molar-refractivity contribution in [1.82, 2.24) is 24.6 Å². The van der Waals surface area contributed by atoms with Gasteiger partial charge in [0.25, 0.3) is 0 Å². The van der Waals surface area contributed by atoms with Crippen LogP contribution in [0.1, 0.15) is 81.9 Å². The maximum Gasteiger partial charge on any atom is 0.408 e. The highest BCUT2D eigenvalue weighted by Crippen LogP contribution is 2.53. The monoisotopic (exact) mass is 518 g/mol. The van der Waals surface area contributed by atoms with Gasteiger partial charge in [0.05, 0.1) is 5.69 Å².